The van der Waals surface area contributed by atoms with Crippen LogP contribution in [0.2, 0.25) is 0 Å². The molecule has 4 aliphatic heterocycles. The number of ether oxygens (including phenoxy) is 1. The van der Waals surface area contributed by atoms with Crippen LogP contribution < -0.4 is 55.7 Å². The monoisotopic (exact) mass is 1280 g/mol. The van der Waals surface area contributed by atoms with Gasteiger partial charge in [0.25, 0.3) is 13.4 Å². The fraction of sp³-hybridized carbons (Fsp3) is 0.0112. The third-order valence-corrected chi connectivity index (χ3v) is 22.8. The van der Waals surface area contributed by atoms with Gasteiger partial charge >= 0.3 is 0 Å². The number of rotatable bonds is 11. The summed E-state index contributed by atoms with van der Waals surface area (Å²) >= 11 is 3.89. The highest BCUT2D eigenvalue weighted by molar-refractivity contribution is 7.34. The molecule has 458 valence electrons. The summed E-state index contributed by atoms with van der Waals surface area (Å²) in [6.45, 7) is -0.401. The van der Waals surface area contributed by atoms with Crippen molar-refractivity contribution < 1.29 is 4.74 Å². The summed E-state index contributed by atoms with van der Waals surface area (Å²) in [5, 5.41) is 2.52. The molecule has 0 saturated carbocycles. The van der Waals surface area contributed by atoms with Crippen LogP contribution in [0.15, 0.2) is 346 Å². The Morgan fingerprint density at radius 1 is 0.327 bits per heavy atom. The summed E-state index contributed by atoms with van der Waals surface area (Å²) in [5.41, 5.74) is 26.3. The third-order valence-electron chi connectivity index (χ3n) is 20.3. The van der Waals surface area contributed by atoms with Crippen molar-refractivity contribution in [3.63, 3.8) is 0 Å². The number of nitrogens with zero attached hydrogens (tertiary/aromatic N) is 4. The molecule has 0 aliphatic carbocycles. The molecule has 9 heteroatoms. The van der Waals surface area contributed by atoms with Gasteiger partial charge in [-0.1, -0.05) is 243 Å². The molecule has 0 spiro atoms. The summed E-state index contributed by atoms with van der Waals surface area (Å²) in [6, 6.07) is 128. The average molecular weight is 1290 g/mol. The summed E-state index contributed by atoms with van der Waals surface area (Å²) < 4.78 is 13.2. The summed E-state index contributed by atoms with van der Waals surface area (Å²) in [6.07, 6.45) is 0. The molecule has 16 aromatic rings. The number of para-hydroxylation sites is 6. The summed E-state index contributed by atoms with van der Waals surface area (Å²) in [5.74, 6) is 1.54. The maximum atomic E-state index is 8.02. The second kappa shape index (κ2) is 22.9. The molecule has 6 heterocycles. The molecule has 20 rings (SSSR count). The molecule has 0 saturated heterocycles. The lowest BCUT2D eigenvalue weighted by Gasteiger charge is -2.45. The number of hydrogen-bond donors (Lipinski definition) is 0. The van der Waals surface area contributed by atoms with Crippen molar-refractivity contribution in [2.24, 2.45) is 0 Å². The minimum atomic E-state index is -0.210. The SMILES string of the molecule is c1ccc(-c2cccc(-c3ccccc3)c2N2c3cc4c(cc3B3c5sc6ccccc6c5C(c5ccccc5)c5cc(N(c6ccccc6)c6ccccc6)cc2c53)B2c3sc5ccccc5c3N(c3ccccc3)c3cc(N(c5ccccc5)c5ccccc5)cc(c32)O4)cc1. The lowest BCUT2D eigenvalue weighted by Crippen LogP contribution is -2.64. The first-order chi connectivity index (χ1) is 48.7. The molecule has 14 aromatic carbocycles. The number of hydrogen-bond acceptors (Lipinski definition) is 7. The van der Waals surface area contributed by atoms with Crippen LogP contribution in [0, 0.1) is 0 Å². The maximum Gasteiger partial charge on any atom is 0.268 e. The zero-order chi connectivity index (χ0) is 64.4. The van der Waals surface area contributed by atoms with E-state index in [4.69, 9.17) is 4.74 Å². The Morgan fingerprint density at radius 3 is 1.36 bits per heavy atom. The van der Waals surface area contributed by atoms with Crippen LogP contribution in [0.1, 0.15) is 22.6 Å². The fourth-order valence-electron chi connectivity index (χ4n) is 16.4. The number of fused-ring (bicyclic) bond motifs is 12. The number of benzene rings is 14. The van der Waals surface area contributed by atoms with Crippen molar-refractivity contribution in [2.75, 3.05) is 19.6 Å². The predicted octanol–water partition coefficient (Wildman–Crippen LogP) is 20.6. The first kappa shape index (κ1) is 56.5. The number of thiophene rings is 2. The van der Waals surface area contributed by atoms with E-state index in [1.807, 2.05) is 22.7 Å². The van der Waals surface area contributed by atoms with Crippen LogP contribution in [0.4, 0.5) is 68.2 Å². The Labute approximate surface area is 578 Å². The van der Waals surface area contributed by atoms with Crippen LogP contribution in [0.25, 0.3) is 42.4 Å². The van der Waals surface area contributed by atoms with Gasteiger partial charge in [-0.2, -0.15) is 0 Å². The van der Waals surface area contributed by atoms with E-state index in [-0.39, 0.29) is 19.3 Å². The number of anilines is 12. The van der Waals surface area contributed by atoms with Crippen LogP contribution in [0.5, 0.6) is 11.5 Å². The van der Waals surface area contributed by atoms with Crippen molar-refractivity contribution >= 4 is 156 Å². The van der Waals surface area contributed by atoms with Gasteiger partial charge in [0.1, 0.15) is 11.5 Å². The zero-order valence-corrected chi connectivity index (χ0v) is 54.8. The second-order valence-corrected chi connectivity index (χ2v) is 27.9. The van der Waals surface area contributed by atoms with E-state index in [2.05, 4.69) is 365 Å². The predicted molar refractivity (Wildman–Crippen MR) is 416 cm³/mol. The van der Waals surface area contributed by atoms with E-state index >= 15 is 0 Å². The Bertz CT molecular complexity index is 5630. The minimum absolute atomic E-state index is 0.124. The van der Waals surface area contributed by atoms with Crippen LogP contribution in [-0.4, -0.2) is 13.4 Å². The van der Waals surface area contributed by atoms with Gasteiger partial charge in [-0.3, -0.25) is 0 Å². The van der Waals surface area contributed by atoms with E-state index in [1.165, 1.54) is 63.0 Å². The molecular formula is C89H58B2N4OS2. The molecule has 0 radical (unpaired) electrons. The van der Waals surface area contributed by atoms with Crippen molar-refractivity contribution in [1.29, 1.82) is 0 Å². The average Bonchev–Trinajstić information content (AvgIpc) is 1.19. The van der Waals surface area contributed by atoms with Gasteiger partial charge in [0.05, 0.1) is 17.1 Å². The molecule has 0 fully saturated rings. The normalized spacial score (nSPS) is 13.6. The highest BCUT2D eigenvalue weighted by Gasteiger charge is 2.51. The van der Waals surface area contributed by atoms with Gasteiger partial charge in [-0.15, -0.1) is 22.7 Å². The Morgan fingerprint density at radius 2 is 0.786 bits per heavy atom. The highest BCUT2D eigenvalue weighted by Crippen LogP contribution is 2.55. The lowest BCUT2D eigenvalue weighted by atomic mass is 9.31. The van der Waals surface area contributed by atoms with Crippen LogP contribution >= 0.6 is 22.7 Å². The molecule has 98 heavy (non-hydrogen) atoms. The molecule has 1 atom stereocenters. The molecule has 1 unspecified atom stereocenters. The van der Waals surface area contributed by atoms with Crippen molar-refractivity contribution in [3.05, 3.63) is 362 Å². The smallest absolute Gasteiger partial charge is 0.268 e. The van der Waals surface area contributed by atoms with E-state index < -0.39 is 0 Å². The molecule has 2 aromatic heterocycles. The Balaban J connectivity index is 0.937. The minimum Gasteiger partial charge on any atom is -0.458 e. The molecule has 0 amide bonds. The Hall–Kier alpha value is -11.9. The van der Waals surface area contributed by atoms with Crippen LogP contribution in [-0.2, 0) is 0 Å². The first-order valence-corrected chi connectivity index (χ1v) is 35.3. The van der Waals surface area contributed by atoms with E-state index in [0.717, 1.165) is 107 Å². The van der Waals surface area contributed by atoms with Gasteiger partial charge in [-0.25, -0.2) is 0 Å². The zero-order valence-electron chi connectivity index (χ0n) is 53.2. The standard InChI is InChI=1S/C89H58B2N4OS2/c1-9-30-58(31-10-1)68-48-29-49-69(59-32-11-2-12-33-59)86(68)95-75-57-78-74(91-85-77(94(65-44-23-8-24-45-65)87-71-47-26-28-51-81(71)98-89(87)91)54-67(55-79(85)96-78)93(63-40-19-6-20-41-63)64-42-21-7-22-43-64)56-73(75)90-84-72(82(60-34-13-3-14-35-60)83-70-46-25-27-50-80(70)97-88(83)90)52-66(53-76(84)95)92(61-36-15-4-16-37-61)62-38-17-5-18-39-62/h1-57,82H. The highest BCUT2D eigenvalue weighted by atomic mass is 32.1. The van der Waals surface area contributed by atoms with E-state index in [9.17, 15) is 0 Å². The fourth-order valence-corrected chi connectivity index (χ4v) is 19.1. The Kier molecular flexibility index (Phi) is 13.2. The quantitative estimate of drug-likeness (QED) is 0.120. The molecule has 0 bridgehead atoms. The second-order valence-electron chi connectivity index (χ2n) is 25.7. The lowest BCUT2D eigenvalue weighted by molar-refractivity contribution is 0.488. The van der Waals surface area contributed by atoms with Crippen molar-refractivity contribution in [3.8, 4) is 33.8 Å². The molecule has 0 N–H and O–H groups in total. The van der Waals surface area contributed by atoms with Crippen LogP contribution in [0.3, 0.4) is 0 Å². The molecule has 5 nitrogen and oxygen atoms in total. The van der Waals surface area contributed by atoms with Gasteiger partial charge in [-0.05, 0) is 151 Å². The maximum absolute atomic E-state index is 8.02. The summed E-state index contributed by atoms with van der Waals surface area (Å²) in [7, 11) is 0. The summed E-state index contributed by atoms with van der Waals surface area (Å²) in [4.78, 5) is 10.0. The van der Waals surface area contributed by atoms with Crippen molar-refractivity contribution in [2.45, 2.75) is 5.92 Å². The first-order valence-electron chi connectivity index (χ1n) is 33.7. The van der Waals surface area contributed by atoms with E-state index in [0.29, 0.717) is 0 Å². The topological polar surface area (TPSA) is 22.2 Å². The van der Waals surface area contributed by atoms with Gasteiger partial charge in [0, 0.05) is 99.9 Å². The van der Waals surface area contributed by atoms with Crippen molar-refractivity contribution in [1.82, 2.24) is 0 Å². The van der Waals surface area contributed by atoms with Gasteiger partial charge in [0.2, 0.25) is 0 Å². The molecular weight excluding hydrogens is 1230 g/mol. The van der Waals surface area contributed by atoms with E-state index in [1.54, 1.807) is 0 Å². The van der Waals surface area contributed by atoms with Gasteiger partial charge in [0.15, 0.2) is 0 Å². The van der Waals surface area contributed by atoms with Gasteiger partial charge < -0.3 is 24.3 Å². The third kappa shape index (κ3) is 8.86. The molecule has 4 aliphatic rings. The largest absolute Gasteiger partial charge is 0.458 e.